The first-order valence-electron chi connectivity index (χ1n) is 4.49. The summed E-state index contributed by atoms with van der Waals surface area (Å²) in [6, 6.07) is 0. The van der Waals surface area contributed by atoms with Crippen molar-refractivity contribution in [2.24, 2.45) is 11.8 Å². The minimum Gasteiger partial charge on any atom is -0.512 e. The van der Waals surface area contributed by atoms with Gasteiger partial charge < -0.3 is 9.84 Å². The quantitative estimate of drug-likeness (QED) is 0.508. The molecule has 1 N–H and O–H groups in total. The fourth-order valence-corrected chi connectivity index (χ4v) is 1.68. The smallest absolute Gasteiger partial charge is 0.316 e. The van der Waals surface area contributed by atoms with Crippen molar-refractivity contribution in [3.8, 4) is 0 Å². The molecule has 0 amide bonds. The van der Waals surface area contributed by atoms with Gasteiger partial charge in [-0.25, -0.2) is 0 Å². The fourth-order valence-electron chi connectivity index (χ4n) is 1.68. The van der Waals surface area contributed by atoms with Crippen LogP contribution in [0.25, 0.3) is 0 Å². The number of Topliss-reactive ketones (excluding diaryl/α,β-unsaturated/α-hetero) is 1. The molecule has 2 atom stereocenters. The van der Waals surface area contributed by atoms with Crippen molar-refractivity contribution in [1.29, 1.82) is 0 Å². The van der Waals surface area contributed by atoms with E-state index in [0.29, 0.717) is 6.42 Å². The first kappa shape index (κ1) is 10.8. The maximum atomic E-state index is 11.6. The van der Waals surface area contributed by atoms with E-state index in [9.17, 15) is 14.7 Å². The van der Waals surface area contributed by atoms with Crippen molar-refractivity contribution in [3.05, 3.63) is 11.3 Å². The molecule has 0 aromatic carbocycles. The van der Waals surface area contributed by atoms with Crippen LogP contribution < -0.4 is 0 Å². The second kappa shape index (κ2) is 3.82. The first-order chi connectivity index (χ1) is 6.49. The number of aliphatic hydroxyl groups excluding tert-OH is 1. The number of ether oxygens (including phenoxy) is 1. The van der Waals surface area contributed by atoms with Crippen LogP contribution in [-0.2, 0) is 14.3 Å². The minimum atomic E-state index is -0.754. The zero-order valence-electron chi connectivity index (χ0n) is 8.53. The molecule has 0 bridgehead atoms. The lowest BCUT2D eigenvalue weighted by Crippen LogP contribution is -2.35. The van der Waals surface area contributed by atoms with E-state index in [1.807, 2.05) is 0 Å². The molecule has 0 aliphatic heterocycles. The van der Waals surface area contributed by atoms with Crippen LogP contribution in [-0.4, -0.2) is 24.0 Å². The lowest BCUT2D eigenvalue weighted by molar-refractivity contribution is -0.151. The topological polar surface area (TPSA) is 63.6 Å². The van der Waals surface area contributed by atoms with E-state index in [1.54, 1.807) is 6.92 Å². The standard InChI is InChI=1S/C10H14O4/c1-5-4-7(11)6(2)9(12)8(5)10(13)14-3/h5,8,11H,4H2,1-3H3. The zero-order valence-corrected chi connectivity index (χ0v) is 8.53. The van der Waals surface area contributed by atoms with E-state index in [1.165, 1.54) is 14.0 Å². The van der Waals surface area contributed by atoms with Crippen molar-refractivity contribution in [1.82, 2.24) is 0 Å². The van der Waals surface area contributed by atoms with E-state index >= 15 is 0 Å². The lowest BCUT2D eigenvalue weighted by Gasteiger charge is -2.25. The Balaban J connectivity index is 3.00. The maximum absolute atomic E-state index is 11.6. The van der Waals surface area contributed by atoms with Crippen molar-refractivity contribution in [2.75, 3.05) is 7.11 Å². The molecule has 0 aromatic heterocycles. The van der Waals surface area contributed by atoms with Crippen LogP contribution in [0.5, 0.6) is 0 Å². The molecule has 4 heteroatoms. The molecule has 1 aliphatic carbocycles. The number of ketones is 1. The fraction of sp³-hybridized carbons (Fsp3) is 0.600. The average Bonchev–Trinajstić information content (AvgIpc) is 2.14. The predicted octanol–water partition coefficient (Wildman–Crippen LogP) is 1.22. The summed E-state index contributed by atoms with van der Waals surface area (Å²) in [6.07, 6.45) is 0.358. The summed E-state index contributed by atoms with van der Waals surface area (Å²) in [5, 5.41) is 9.40. The molecule has 0 saturated heterocycles. The van der Waals surface area contributed by atoms with Gasteiger partial charge in [-0.1, -0.05) is 6.92 Å². The van der Waals surface area contributed by atoms with Gasteiger partial charge in [0.1, 0.15) is 5.92 Å². The molecule has 14 heavy (non-hydrogen) atoms. The SMILES string of the molecule is COC(=O)C1C(=O)C(C)=C(O)CC1C. The van der Waals surface area contributed by atoms with Crippen LogP contribution >= 0.6 is 0 Å². The van der Waals surface area contributed by atoms with Gasteiger partial charge in [0.2, 0.25) is 0 Å². The van der Waals surface area contributed by atoms with Gasteiger partial charge in [0.25, 0.3) is 0 Å². The highest BCUT2D eigenvalue weighted by molar-refractivity contribution is 6.09. The molecule has 0 heterocycles. The van der Waals surface area contributed by atoms with Crippen LogP contribution in [0.15, 0.2) is 11.3 Å². The number of aliphatic hydroxyl groups is 1. The lowest BCUT2D eigenvalue weighted by atomic mass is 9.79. The van der Waals surface area contributed by atoms with Crippen molar-refractivity contribution in [3.63, 3.8) is 0 Å². The van der Waals surface area contributed by atoms with E-state index in [0.717, 1.165) is 0 Å². The summed E-state index contributed by atoms with van der Waals surface area (Å²) < 4.78 is 4.55. The largest absolute Gasteiger partial charge is 0.512 e. The molecule has 78 valence electrons. The average molecular weight is 198 g/mol. The molecule has 0 spiro atoms. The third kappa shape index (κ3) is 1.64. The third-order valence-electron chi connectivity index (χ3n) is 2.62. The first-order valence-corrected chi connectivity index (χ1v) is 4.49. The maximum Gasteiger partial charge on any atom is 0.316 e. The molecule has 0 saturated carbocycles. The van der Waals surface area contributed by atoms with Gasteiger partial charge in [0.15, 0.2) is 5.78 Å². The van der Waals surface area contributed by atoms with Crippen LogP contribution in [0.3, 0.4) is 0 Å². The van der Waals surface area contributed by atoms with Gasteiger partial charge in [0.05, 0.1) is 12.9 Å². The van der Waals surface area contributed by atoms with Crippen LogP contribution in [0.1, 0.15) is 20.3 Å². The van der Waals surface area contributed by atoms with Gasteiger partial charge in [-0.05, 0) is 12.8 Å². The number of hydrogen-bond acceptors (Lipinski definition) is 4. The van der Waals surface area contributed by atoms with E-state index in [2.05, 4.69) is 4.74 Å². The Kier molecular flexibility index (Phi) is 2.93. The Morgan fingerprint density at radius 3 is 2.64 bits per heavy atom. The molecule has 1 rings (SSSR count). The Bertz CT molecular complexity index is 303. The van der Waals surface area contributed by atoms with E-state index in [4.69, 9.17) is 0 Å². The summed E-state index contributed by atoms with van der Waals surface area (Å²) in [6.45, 7) is 3.28. The highest BCUT2D eigenvalue weighted by atomic mass is 16.5. The summed E-state index contributed by atoms with van der Waals surface area (Å²) in [7, 11) is 1.26. The number of rotatable bonds is 1. The molecule has 1 aliphatic rings. The number of allylic oxidation sites excluding steroid dienone is 2. The Labute approximate surface area is 82.6 Å². The number of esters is 1. The minimum absolute atomic E-state index is 0.0858. The number of carbonyl (C=O) groups is 2. The monoisotopic (exact) mass is 198 g/mol. The molecule has 0 radical (unpaired) electrons. The molecular formula is C10H14O4. The summed E-state index contributed by atoms with van der Waals surface area (Å²) in [4.78, 5) is 22.9. The molecule has 2 unspecified atom stereocenters. The number of hydrogen-bond donors (Lipinski definition) is 1. The van der Waals surface area contributed by atoms with Crippen molar-refractivity contribution >= 4 is 11.8 Å². The highest BCUT2D eigenvalue weighted by Crippen LogP contribution is 2.30. The summed E-state index contributed by atoms with van der Waals surface area (Å²) in [5.41, 5.74) is 0.276. The predicted molar refractivity (Wildman–Crippen MR) is 49.6 cm³/mol. The Morgan fingerprint density at radius 1 is 1.57 bits per heavy atom. The van der Waals surface area contributed by atoms with Gasteiger partial charge >= 0.3 is 5.97 Å². The van der Waals surface area contributed by atoms with E-state index in [-0.39, 0.29) is 23.0 Å². The van der Waals surface area contributed by atoms with E-state index < -0.39 is 11.9 Å². The number of carbonyl (C=O) groups excluding carboxylic acids is 2. The Morgan fingerprint density at radius 2 is 2.14 bits per heavy atom. The third-order valence-corrected chi connectivity index (χ3v) is 2.62. The van der Waals surface area contributed by atoms with Crippen LogP contribution in [0.2, 0.25) is 0 Å². The highest BCUT2D eigenvalue weighted by Gasteiger charge is 2.38. The second-order valence-corrected chi connectivity index (χ2v) is 3.62. The van der Waals surface area contributed by atoms with Crippen LogP contribution in [0, 0.1) is 11.8 Å². The zero-order chi connectivity index (χ0) is 10.9. The summed E-state index contributed by atoms with van der Waals surface area (Å²) >= 11 is 0. The normalized spacial score (nSPS) is 27.8. The van der Waals surface area contributed by atoms with Gasteiger partial charge in [-0.3, -0.25) is 9.59 Å². The van der Waals surface area contributed by atoms with Gasteiger partial charge in [-0.15, -0.1) is 0 Å². The van der Waals surface area contributed by atoms with Crippen molar-refractivity contribution < 1.29 is 19.4 Å². The number of methoxy groups -OCH3 is 1. The Hall–Kier alpha value is -1.32. The second-order valence-electron chi connectivity index (χ2n) is 3.62. The summed E-state index contributed by atoms with van der Waals surface area (Å²) in [5.74, 6) is -1.71. The molecule has 0 aromatic rings. The molecule has 0 fully saturated rings. The van der Waals surface area contributed by atoms with Crippen LogP contribution in [0.4, 0.5) is 0 Å². The molecular weight excluding hydrogens is 184 g/mol. The van der Waals surface area contributed by atoms with Gasteiger partial charge in [0, 0.05) is 12.0 Å². The van der Waals surface area contributed by atoms with Gasteiger partial charge in [-0.2, -0.15) is 0 Å². The molecule has 4 nitrogen and oxygen atoms in total. The van der Waals surface area contributed by atoms with Crippen molar-refractivity contribution in [2.45, 2.75) is 20.3 Å².